The Kier molecular flexibility index (Phi) is 4.42. The maximum Gasteiger partial charge on any atom is 0.0441 e. The van der Waals surface area contributed by atoms with Crippen LogP contribution in [0.25, 0.3) is 0 Å². The molecule has 0 radical (unpaired) electrons. The lowest BCUT2D eigenvalue weighted by Crippen LogP contribution is -2.16. The molecule has 1 aliphatic carbocycles. The minimum Gasteiger partial charge on any atom is -0.261 e. The third-order valence-electron chi connectivity index (χ3n) is 4.33. The summed E-state index contributed by atoms with van der Waals surface area (Å²) in [7, 11) is 0. The molecule has 1 aliphatic rings. The lowest BCUT2D eigenvalue weighted by Gasteiger charge is -2.29. The van der Waals surface area contributed by atoms with Gasteiger partial charge in [0.2, 0.25) is 0 Å². The van der Waals surface area contributed by atoms with Gasteiger partial charge in [0.1, 0.15) is 0 Å². The molecule has 1 atom stereocenters. The van der Waals surface area contributed by atoms with Gasteiger partial charge in [-0.15, -0.1) is 0 Å². The molecule has 1 aromatic heterocycles. The van der Waals surface area contributed by atoms with Crippen LogP contribution in [0.5, 0.6) is 0 Å². The third kappa shape index (κ3) is 2.76. The monoisotopic (exact) mass is 245 g/mol. The van der Waals surface area contributed by atoms with Crippen LogP contribution in [0.2, 0.25) is 0 Å². The Balaban J connectivity index is 2.51. The van der Waals surface area contributed by atoms with Crippen molar-refractivity contribution in [3.63, 3.8) is 0 Å². The zero-order valence-electron chi connectivity index (χ0n) is 12.4. The van der Waals surface area contributed by atoms with Gasteiger partial charge in [-0.05, 0) is 54.2 Å². The first-order chi connectivity index (χ1) is 8.61. The fraction of sp³-hybridized carbons (Fsp3) is 0.706. The highest BCUT2D eigenvalue weighted by atomic mass is 14.7. The van der Waals surface area contributed by atoms with E-state index in [-0.39, 0.29) is 0 Å². The third-order valence-corrected chi connectivity index (χ3v) is 4.33. The Morgan fingerprint density at radius 1 is 1.11 bits per heavy atom. The quantitative estimate of drug-likeness (QED) is 0.709. The standard InChI is InChI=1S/C17H27N/c1-12(2)14-8-6-5-7-9-16-17(14)15(13(3)4)10-11-18-16/h10-14H,5-9H2,1-4H3. The average Bonchev–Trinajstić information content (AvgIpc) is 2.28. The second-order valence-electron chi connectivity index (χ2n) is 6.37. The van der Waals surface area contributed by atoms with Crippen LogP contribution >= 0.6 is 0 Å². The van der Waals surface area contributed by atoms with E-state index in [1.54, 1.807) is 11.1 Å². The van der Waals surface area contributed by atoms with Gasteiger partial charge in [0, 0.05) is 11.9 Å². The van der Waals surface area contributed by atoms with E-state index in [0.29, 0.717) is 11.8 Å². The first kappa shape index (κ1) is 13.6. The smallest absolute Gasteiger partial charge is 0.0441 e. The maximum absolute atomic E-state index is 4.70. The van der Waals surface area contributed by atoms with Crippen LogP contribution in [0.3, 0.4) is 0 Å². The molecule has 18 heavy (non-hydrogen) atoms. The van der Waals surface area contributed by atoms with Crippen LogP contribution in [0.15, 0.2) is 12.3 Å². The predicted molar refractivity (Wildman–Crippen MR) is 78.1 cm³/mol. The first-order valence-electron chi connectivity index (χ1n) is 7.59. The van der Waals surface area contributed by atoms with E-state index in [4.69, 9.17) is 4.98 Å². The molecule has 1 unspecified atom stereocenters. The summed E-state index contributed by atoms with van der Waals surface area (Å²) in [6, 6.07) is 2.25. The molecule has 0 fully saturated rings. The SMILES string of the molecule is CC(C)c1ccnc2c1C(C(C)C)CCCCC2. The Labute approximate surface area is 112 Å². The Bertz CT molecular complexity index is 393. The van der Waals surface area contributed by atoms with Crippen molar-refractivity contribution in [1.29, 1.82) is 0 Å². The zero-order valence-corrected chi connectivity index (χ0v) is 12.4. The van der Waals surface area contributed by atoms with Crippen LogP contribution < -0.4 is 0 Å². The molecule has 0 N–H and O–H groups in total. The van der Waals surface area contributed by atoms with Gasteiger partial charge < -0.3 is 0 Å². The predicted octanol–water partition coefficient (Wildman–Crippen LogP) is 5.06. The summed E-state index contributed by atoms with van der Waals surface area (Å²) in [5.74, 6) is 2.05. The minimum absolute atomic E-state index is 0.613. The average molecular weight is 245 g/mol. The number of fused-ring (bicyclic) bond motifs is 1. The topological polar surface area (TPSA) is 12.9 Å². The van der Waals surface area contributed by atoms with Crippen molar-refractivity contribution < 1.29 is 0 Å². The van der Waals surface area contributed by atoms with Gasteiger partial charge >= 0.3 is 0 Å². The minimum atomic E-state index is 0.613. The molecule has 0 spiro atoms. The molecule has 1 aromatic rings. The summed E-state index contributed by atoms with van der Waals surface area (Å²) < 4.78 is 0. The molecule has 0 saturated carbocycles. The lowest BCUT2D eigenvalue weighted by atomic mass is 9.77. The molecule has 0 aromatic carbocycles. The second-order valence-corrected chi connectivity index (χ2v) is 6.37. The van der Waals surface area contributed by atoms with E-state index in [2.05, 4.69) is 33.8 Å². The fourth-order valence-electron chi connectivity index (χ4n) is 3.31. The van der Waals surface area contributed by atoms with Gasteiger partial charge in [-0.2, -0.15) is 0 Å². The Morgan fingerprint density at radius 3 is 2.56 bits per heavy atom. The molecule has 1 nitrogen and oxygen atoms in total. The fourth-order valence-corrected chi connectivity index (χ4v) is 3.31. The van der Waals surface area contributed by atoms with Gasteiger partial charge in [0.25, 0.3) is 0 Å². The molecule has 2 rings (SSSR count). The summed E-state index contributed by atoms with van der Waals surface area (Å²) >= 11 is 0. The van der Waals surface area contributed by atoms with Crippen molar-refractivity contribution in [3.8, 4) is 0 Å². The lowest BCUT2D eigenvalue weighted by molar-refractivity contribution is 0.425. The van der Waals surface area contributed by atoms with Crippen molar-refractivity contribution >= 4 is 0 Å². The van der Waals surface area contributed by atoms with Crippen LogP contribution in [0.1, 0.15) is 82.0 Å². The summed E-state index contributed by atoms with van der Waals surface area (Å²) in [6.45, 7) is 9.36. The highest BCUT2D eigenvalue weighted by Gasteiger charge is 2.24. The molecule has 1 heterocycles. The Morgan fingerprint density at radius 2 is 1.89 bits per heavy atom. The van der Waals surface area contributed by atoms with E-state index in [1.807, 2.05) is 6.20 Å². The van der Waals surface area contributed by atoms with Crippen LogP contribution in [0.4, 0.5) is 0 Å². The van der Waals surface area contributed by atoms with Crippen molar-refractivity contribution in [2.24, 2.45) is 5.92 Å². The highest BCUT2D eigenvalue weighted by Crippen LogP contribution is 2.38. The Hall–Kier alpha value is -0.850. The van der Waals surface area contributed by atoms with Crippen LogP contribution in [0, 0.1) is 5.92 Å². The van der Waals surface area contributed by atoms with E-state index in [0.717, 1.165) is 5.92 Å². The number of hydrogen-bond acceptors (Lipinski definition) is 1. The number of rotatable bonds is 2. The van der Waals surface area contributed by atoms with E-state index < -0.39 is 0 Å². The van der Waals surface area contributed by atoms with Gasteiger partial charge in [-0.3, -0.25) is 4.98 Å². The van der Waals surface area contributed by atoms with Crippen LogP contribution in [-0.2, 0) is 6.42 Å². The zero-order chi connectivity index (χ0) is 13.1. The van der Waals surface area contributed by atoms with Gasteiger partial charge in [-0.1, -0.05) is 40.5 Å². The van der Waals surface area contributed by atoms with Crippen molar-refractivity contribution in [2.75, 3.05) is 0 Å². The largest absolute Gasteiger partial charge is 0.261 e. The summed E-state index contributed by atoms with van der Waals surface area (Å²) in [5, 5.41) is 0. The molecular weight excluding hydrogens is 218 g/mol. The summed E-state index contributed by atoms with van der Waals surface area (Å²) in [5.41, 5.74) is 4.53. The van der Waals surface area contributed by atoms with E-state index >= 15 is 0 Å². The van der Waals surface area contributed by atoms with Gasteiger partial charge in [-0.25, -0.2) is 0 Å². The number of hydrogen-bond donors (Lipinski definition) is 0. The maximum atomic E-state index is 4.70. The first-order valence-corrected chi connectivity index (χ1v) is 7.59. The van der Waals surface area contributed by atoms with Crippen molar-refractivity contribution in [3.05, 3.63) is 29.1 Å². The molecule has 100 valence electrons. The van der Waals surface area contributed by atoms with Crippen molar-refractivity contribution in [2.45, 2.75) is 71.6 Å². The molecule has 0 aliphatic heterocycles. The number of pyridine rings is 1. The molecular formula is C17H27N. The van der Waals surface area contributed by atoms with E-state index in [1.165, 1.54) is 37.8 Å². The molecule has 0 saturated heterocycles. The number of aromatic nitrogens is 1. The van der Waals surface area contributed by atoms with E-state index in [9.17, 15) is 0 Å². The molecule has 0 amide bonds. The normalized spacial score (nSPS) is 20.7. The van der Waals surface area contributed by atoms with Crippen LogP contribution in [-0.4, -0.2) is 4.98 Å². The van der Waals surface area contributed by atoms with Gasteiger partial charge in [0.05, 0.1) is 0 Å². The van der Waals surface area contributed by atoms with Crippen molar-refractivity contribution in [1.82, 2.24) is 4.98 Å². The van der Waals surface area contributed by atoms with Gasteiger partial charge in [0.15, 0.2) is 0 Å². The second kappa shape index (κ2) is 5.86. The number of aryl methyl sites for hydroxylation is 1. The summed E-state index contributed by atoms with van der Waals surface area (Å²) in [6.07, 6.45) is 8.61. The summed E-state index contributed by atoms with van der Waals surface area (Å²) in [4.78, 5) is 4.70. The molecule has 1 heteroatoms. The molecule has 0 bridgehead atoms. The highest BCUT2D eigenvalue weighted by molar-refractivity contribution is 5.36. The number of nitrogens with zero attached hydrogens (tertiary/aromatic N) is 1.